The van der Waals surface area contributed by atoms with Crippen LogP contribution in [0.5, 0.6) is 0 Å². The van der Waals surface area contributed by atoms with E-state index in [1.54, 1.807) is 0 Å². The first-order valence-corrected chi connectivity index (χ1v) is 8.04. The largest absolute Gasteiger partial charge is 0.322 e. The first kappa shape index (κ1) is 17.6. The van der Waals surface area contributed by atoms with Gasteiger partial charge in [-0.3, -0.25) is 4.79 Å². The van der Waals surface area contributed by atoms with Crippen LogP contribution in [0.1, 0.15) is 0 Å². The summed E-state index contributed by atoms with van der Waals surface area (Å²) in [6.07, 6.45) is 0. The Hall–Kier alpha value is -2.22. The molecule has 1 aromatic heterocycles. The van der Waals surface area contributed by atoms with E-state index in [2.05, 4.69) is 20.7 Å². The van der Waals surface area contributed by atoms with E-state index >= 15 is 0 Å². The molecule has 1 N–H and O–H groups in total. The predicted molar refractivity (Wildman–Crippen MR) is 93.3 cm³/mol. The van der Waals surface area contributed by atoms with E-state index in [4.69, 9.17) is 34.8 Å². The second-order valence-electron chi connectivity index (χ2n) is 4.94. The summed E-state index contributed by atoms with van der Waals surface area (Å²) in [6, 6.07) is 8.53. The van der Waals surface area contributed by atoms with E-state index in [9.17, 15) is 9.18 Å². The van der Waals surface area contributed by atoms with Gasteiger partial charge in [-0.1, -0.05) is 34.8 Å². The number of anilines is 1. The molecule has 0 aliphatic rings. The number of hydrogen-bond donors (Lipinski definition) is 1. The van der Waals surface area contributed by atoms with Gasteiger partial charge in [0.25, 0.3) is 0 Å². The molecule has 0 unspecified atom stereocenters. The molecule has 6 nitrogen and oxygen atoms in total. The summed E-state index contributed by atoms with van der Waals surface area (Å²) in [5.74, 6) is -0.545. The molecule has 1 amide bonds. The molecule has 0 aliphatic heterocycles. The fraction of sp³-hybridized carbons (Fsp3) is 0.0667. The SMILES string of the molecule is O=C(Cn1nnc(-c2ccc(F)cc2)n1)Nc1c(Cl)cc(Cl)cc1Cl. The molecule has 0 spiro atoms. The van der Waals surface area contributed by atoms with Crippen molar-refractivity contribution in [2.75, 3.05) is 5.32 Å². The molecule has 0 saturated heterocycles. The van der Waals surface area contributed by atoms with Gasteiger partial charge in [0.1, 0.15) is 12.4 Å². The smallest absolute Gasteiger partial charge is 0.248 e. The van der Waals surface area contributed by atoms with Crippen molar-refractivity contribution in [2.24, 2.45) is 0 Å². The summed E-state index contributed by atoms with van der Waals surface area (Å²) in [4.78, 5) is 13.2. The zero-order chi connectivity index (χ0) is 18.0. The molecule has 0 atom stereocenters. The summed E-state index contributed by atoms with van der Waals surface area (Å²) < 4.78 is 12.9. The Morgan fingerprint density at radius 2 is 1.76 bits per heavy atom. The minimum atomic E-state index is -0.450. The number of tetrazole rings is 1. The van der Waals surface area contributed by atoms with Crippen molar-refractivity contribution in [2.45, 2.75) is 6.54 Å². The maximum atomic E-state index is 12.9. The number of halogens is 4. The van der Waals surface area contributed by atoms with Crippen LogP contribution in [0.15, 0.2) is 36.4 Å². The van der Waals surface area contributed by atoms with Crippen molar-refractivity contribution in [3.63, 3.8) is 0 Å². The zero-order valence-corrected chi connectivity index (χ0v) is 14.6. The van der Waals surface area contributed by atoms with Crippen molar-refractivity contribution in [1.29, 1.82) is 0 Å². The van der Waals surface area contributed by atoms with Gasteiger partial charge < -0.3 is 5.32 Å². The van der Waals surface area contributed by atoms with Crippen molar-refractivity contribution >= 4 is 46.4 Å². The van der Waals surface area contributed by atoms with Gasteiger partial charge in [0, 0.05) is 10.6 Å². The van der Waals surface area contributed by atoms with E-state index < -0.39 is 5.91 Å². The van der Waals surface area contributed by atoms with Crippen molar-refractivity contribution in [3.05, 3.63) is 57.3 Å². The predicted octanol–water partition coefficient (Wildman–Crippen LogP) is 4.08. The molecule has 0 saturated carbocycles. The van der Waals surface area contributed by atoms with E-state index in [1.807, 2.05) is 0 Å². The lowest BCUT2D eigenvalue weighted by atomic mass is 10.2. The number of nitrogens with zero attached hydrogens (tertiary/aromatic N) is 4. The fourth-order valence-corrected chi connectivity index (χ4v) is 2.91. The second kappa shape index (κ2) is 7.35. The number of aromatic nitrogens is 4. The van der Waals surface area contributed by atoms with Crippen LogP contribution in [0, 0.1) is 5.82 Å². The molecule has 0 radical (unpaired) electrons. The molecule has 10 heteroatoms. The third kappa shape index (κ3) is 4.25. The third-order valence-electron chi connectivity index (χ3n) is 3.11. The zero-order valence-electron chi connectivity index (χ0n) is 12.4. The van der Waals surface area contributed by atoms with Crippen LogP contribution < -0.4 is 5.32 Å². The summed E-state index contributed by atoms with van der Waals surface area (Å²) in [7, 11) is 0. The first-order valence-electron chi connectivity index (χ1n) is 6.90. The summed E-state index contributed by atoms with van der Waals surface area (Å²) in [5.41, 5.74) is 0.827. The highest BCUT2D eigenvalue weighted by molar-refractivity contribution is 6.42. The van der Waals surface area contributed by atoms with Crippen LogP contribution in [0.4, 0.5) is 10.1 Å². The van der Waals surface area contributed by atoms with E-state index in [-0.39, 0.29) is 33.9 Å². The Labute approximate surface area is 156 Å². The van der Waals surface area contributed by atoms with Gasteiger partial charge in [0.2, 0.25) is 11.7 Å². The number of rotatable bonds is 4. The van der Waals surface area contributed by atoms with Gasteiger partial charge >= 0.3 is 0 Å². The van der Waals surface area contributed by atoms with Crippen LogP contribution in [0.3, 0.4) is 0 Å². The van der Waals surface area contributed by atoms with E-state index in [0.717, 1.165) is 4.80 Å². The average molecular weight is 401 g/mol. The van der Waals surface area contributed by atoms with Crippen molar-refractivity contribution < 1.29 is 9.18 Å². The van der Waals surface area contributed by atoms with Gasteiger partial charge in [-0.15, -0.1) is 10.2 Å². The Morgan fingerprint density at radius 1 is 1.12 bits per heavy atom. The average Bonchev–Trinajstić information content (AvgIpc) is 3.00. The van der Waals surface area contributed by atoms with Crippen molar-refractivity contribution in [3.8, 4) is 11.4 Å². The maximum absolute atomic E-state index is 12.9. The highest BCUT2D eigenvalue weighted by Gasteiger charge is 2.14. The lowest BCUT2D eigenvalue weighted by Gasteiger charge is -2.09. The van der Waals surface area contributed by atoms with Crippen LogP contribution >= 0.6 is 34.8 Å². The highest BCUT2D eigenvalue weighted by atomic mass is 35.5. The van der Waals surface area contributed by atoms with Gasteiger partial charge in [0.15, 0.2) is 0 Å². The van der Waals surface area contributed by atoms with Crippen LogP contribution in [0.2, 0.25) is 15.1 Å². The molecule has 0 aliphatic carbocycles. The van der Waals surface area contributed by atoms with Gasteiger partial charge in [0.05, 0.1) is 15.7 Å². The number of carbonyl (C=O) groups excluding carboxylic acids is 1. The molecule has 2 aromatic carbocycles. The highest BCUT2D eigenvalue weighted by Crippen LogP contribution is 2.33. The topological polar surface area (TPSA) is 72.7 Å². The molecule has 25 heavy (non-hydrogen) atoms. The number of amides is 1. The molecule has 0 bridgehead atoms. The molecule has 3 aromatic rings. The Bertz CT molecular complexity index is 906. The van der Waals surface area contributed by atoms with Gasteiger partial charge in [-0.2, -0.15) is 4.80 Å². The minimum Gasteiger partial charge on any atom is -0.322 e. The monoisotopic (exact) mass is 399 g/mol. The summed E-state index contributed by atoms with van der Waals surface area (Å²) in [6.45, 7) is -0.205. The Balaban J connectivity index is 1.71. The van der Waals surface area contributed by atoms with Gasteiger partial charge in [-0.25, -0.2) is 4.39 Å². The minimum absolute atomic E-state index is 0.205. The lowest BCUT2D eigenvalue weighted by Crippen LogP contribution is -2.20. The standard InChI is InChI=1S/C15H9Cl3FN5O/c16-9-5-11(17)14(12(18)6-9)20-13(25)7-24-22-15(21-23-24)8-1-3-10(19)4-2-8/h1-6H,7H2,(H,20,25). The maximum Gasteiger partial charge on any atom is 0.248 e. The van der Waals surface area contributed by atoms with Gasteiger partial charge in [-0.05, 0) is 41.6 Å². The number of nitrogens with one attached hydrogen (secondary N) is 1. The first-order chi connectivity index (χ1) is 11.9. The summed E-state index contributed by atoms with van der Waals surface area (Å²) in [5, 5.41) is 15.0. The molecular weight excluding hydrogens is 392 g/mol. The van der Waals surface area contributed by atoms with Crippen LogP contribution in [0.25, 0.3) is 11.4 Å². The fourth-order valence-electron chi connectivity index (χ4n) is 1.99. The van der Waals surface area contributed by atoms with Crippen molar-refractivity contribution in [1.82, 2.24) is 20.2 Å². The quantitative estimate of drug-likeness (QED) is 0.716. The Morgan fingerprint density at radius 3 is 2.40 bits per heavy atom. The molecule has 1 heterocycles. The van der Waals surface area contributed by atoms with E-state index in [1.165, 1.54) is 36.4 Å². The third-order valence-corrected chi connectivity index (χ3v) is 3.93. The number of carbonyl (C=O) groups is 1. The summed E-state index contributed by atoms with van der Waals surface area (Å²) >= 11 is 17.9. The molecular formula is C15H9Cl3FN5O. The lowest BCUT2D eigenvalue weighted by molar-refractivity contribution is -0.117. The number of benzene rings is 2. The van der Waals surface area contributed by atoms with E-state index in [0.29, 0.717) is 10.6 Å². The Kier molecular flexibility index (Phi) is 5.17. The number of hydrogen-bond acceptors (Lipinski definition) is 4. The second-order valence-corrected chi connectivity index (χ2v) is 6.19. The van der Waals surface area contributed by atoms with Crippen LogP contribution in [-0.4, -0.2) is 26.1 Å². The molecule has 3 rings (SSSR count). The molecule has 0 fully saturated rings. The normalized spacial score (nSPS) is 10.7. The van der Waals surface area contributed by atoms with Crippen LogP contribution in [-0.2, 0) is 11.3 Å². The molecule has 128 valence electrons.